The largest absolute Gasteiger partial charge is 0.466 e. The molecule has 1 heterocycles. The first kappa shape index (κ1) is 16.7. The van der Waals surface area contributed by atoms with Gasteiger partial charge in [0.25, 0.3) is 0 Å². The number of carbonyl (C=O) groups excluding carboxylic acids is 1. The van der Waals surface area contributed by atoms with Gasteiger partial charge in [0.15, 0.2) is 9.84 Å². The highest BCUT2D eigenvalue weighted by atomic mass is 35.5. The number of fused-ring (bicyclic) bond motifs is 1. The maximum atomic E-state index is 12.4. The van der Waals surface area contributed by atoms with E-state index in [0.717, 1.165) is 11.1 Å². The zero-order chi connectivity index (χ0) is 17.3. The van der Waals surface area contributed by atoms with Crippen molar-refractivity contribution in [1.29, 1.82) is 0 Å². The topological polar surface area (TPSA) is 60.4 Å². The van der Waals surface area contributed by atoms with Crippen LogP contribution in [0.4, 0.5) is 0 Å². The van der Waals surface area contributed by atoms with Crippen LogP contribution in [0.1, 0.15) is 12.0 Å². The van der Waals surface area contributed by atoms with Crippen LogP contribution in [0.15, 0.2) is 52.9 Å². The van der Waals surface area contributed by atoms with Crippen LogP contribution in [0, 0.1) is 0 Å². The molecule has 0 amide bonds. The Morgan fingerprint density at radius 2 is 1.75 bits per heavy atom. The van der Waals surface area contributed by atoms with E-state index in [0.29, 0.717) is 16.2 Å². The summed E-state index contributed by atoms with van der Waals surface area (Å²) in [5, 5.41) is 0.629. The van der Waals surface area contributed by atoms with Gasteiger partial charge in [-0.15, -0.1) is 0 Å². The molecule has 1 aliphatic rings. The SMILES string of the molecule is COC(=O)C1=Cc2cc(-c3ccc(Cl)cc3)ccc2S(=O)(=O)CC1. The van der Waals surface area contributed by atoms with E-state index < -0.39 is 15.8 Å². The predicted molar refractivity (Wildman–Crippen MR) is 93.6 cm³/mol. The van der Waals surface area contributed by atoms with Crippen LogP contribution in [-0.4, -0.2) is 27.2 Å². The molecule has 0 atom stereocenters. The van der Waals surface area contributed by atoms with E-state index in [4.69, 9.17) is 16.3 Å². The summed E-state index contributed by atoms with van der Waals surface area (Å²) in [4.78, 5) is 12.1. The predicted octanol–water partition coefficient (Wildman–Crippen LogP) is 3.74. The van der Waals surface area contributed by atoms with E-state index in [9.17, 15) is 13.2 Å². The summed E-state index contributed by atoms with van der Waals surface area (Å²) in [5.41, 5.74) is 2.62. The lowest BCUT2D eigenvalue weighted by Gasteiger charge is -2.08. The molecule has 0 radical (unpaired) electrons. The third-order valence-electron chi connectivity index (χ3n) is 3.94. The lowest BCUT2D eigenvalue weighted by molar-refractivity contribution is -0.136. The van der Waals surface area contributed by atoms with Gasteiger partial charge in [0.05, 0.1) is 17.8 Å². The number of rotatable bonds is 2. The minimum atomic E-state index is -3.44. The maximum absolute atomic E-state index is 12.4. The molecule has 0 bridgehead atoms. The average molecular weight is 363 g/mol. The Labute approximate surface area is 145 Å². The molecule has 0 saturated carbocycles. The number of hydrogen-bond acceptors (Lipinski definition) is 4. The van der Waals surface area contributed by atoms with Gasteiger partial charge in [-0.25, -0.2) is 13.2 Å². The van der Waals surface area contributed by atoms with Crippen molar-refractivity contribution < 1.29 is 17.9 Å². The highest BCUT2D eigenvalue weighted by Gasteiger charge is 2.25. The van der Waals surface area contributed by atoms with Crippen LogP contribution >= 0.6 is 11.6 Å². The van der Waals surface area contributed by atoms with Gasteiger partial charge in [-0.05, 0) is 53.5 Å². The maximum Gasteiger partial charge on any atom is 0.333 e. The monoisotopic (exact) mass is 362 g/mol. The van der Waals surface area contributed by atoms with Gasteiger partial charge < -0.3 is 4.74 Å². The van der Waals surface area contributed by atoms with Crippen molar-refractivity contribution in [2.24, 2.45) is 0 Å². The number of carbonyl (C=O) groups is 1. The number of hydrogen-bond donors (Lipinski definition) is 0. The van der Waals surface area contributed by atoms with Crippen molar-refractivity contribution in [3.63, 3.8) is 0 Å². The average Bonchev–Trinajstić information content (AvgIpc) is 2.71. The summed E-state index contributed by atoms with van der Waals surface area (Å²) < 4.78 is 29.6. The van der Waals surface area contributed by atoms with Gasteiger partial charge in [0.1, 0.15) is 0 Å². The van der Waals surface area contributed by atoms with E-state index in [1.165, 1.54) is 7.11 Å². The standard InChI is InChI=1S/C18H15ClO4S/c1-23-18(20)14-8-9-24(21,22)17-7-4-13(10-15(17)11-14)12-2-5-16(19)6-3-12/h2-7,10-11H,8-9H2,1H3. The fourth-order valence-electron chi connectivity index (χ4n) is 2.67. The van der Waals surface area contributed by atoms with Crippen LogP contribution in [0.3, 0.4) is 0 Å². The number of ether oxygens (including phenoxy) is 1. The summed E-state index contributed by atoms with van der Waals surface area (Å²) in [6.07, 6.45) is 1.74. The second-order valence-electron chi connectivity index (χ2n) is 5.49. The fraction of sp³-hybridized carbons (Fsp3) is 0.167. The molecule has 0 fully saturated rings. The van der Waals surface area contributed by atoms with Gasteiger partial charge in [-0.2, -0.15) is 0 Å². The Hall–Kier alpha value is -2.11. The van der Waals surface area contributed by atoms with Crippen LogP contribution in [0.5, 0.6) is 0 Å². The molecule has 1 aliphatic heterocycles. The van der Waals surface area contributed by atoms with Crippen LogP contribution < -0.4 is 0 Å². The number of halogens is 1. The summed E-state index contributed by atoms with van der Waals surface area (Å²) in [7, 11) is -2.15. The molecule has 24 heavy (non-hydrogen) atoms. The van der Waals surface area contributed by atoms with Crippen molar-refractivity contribution in [2.75, 3.05) is 12.9 Å². The lowest BCUT2D eigenvalue weighted by Crippen LogP contribution is -2.09. The second kappa shape index (κ2) is 6.42. The molecular weight excluding hydrogens is 348 g/mol. The molecule has 3 rings (SSSR count). The van der Waals surface area contributed by atoms with E-state index in [1.807, 2.05) is 12.1 Å². The third kappa shape index (κ3) is 3.23. The third-order valence-corrected chi connectivity index (χ3v) is 5.98. The molecular formula is C18H15ClO4S. The molecule has 0 aliphatic carbocycles. The fourth-order valence-corrected chi connectivity index (χ4v) is 4.26. The first-order chi connectivity index (χ1) is 11.4. The summed E-state index contributed by atoms with van der Waals surface area (Å²) in [6.45, 7) is 0. The first-order valence-electron chi connectivity index (χ1n) is 7.32. The van der Waals surface area contributed by atoms with Crippen LogP contribution in [-0.2, 0) is 19.4 Å². The van der Waals surface area contributed by atoms with Crippen LogP contribution in [0.25, 0.3) is 17.2 Å². The smallest absolute Gasteiger partial charge is 0.333 e. The first-order valence-corrected chi connectivity index (χ1v) is 9.35. The zero-order valence-electron chi connectivity index (χ0n) is 13.0. The molecule has 2 aromatic carbocycles. The summed E-state index contributed by atoms with van der Waals surface area (Å²) in [5.74, 6) is -0.615. The van der Waals surface area contributed by atoms with E-state index in [2.05, 4.69) is 0 Å². The molecule has 0 spiro atoms. The number of benzene rings is 2. The Morgan fingerprint density at radius 3 is 2.42 bits per heavy atom. The van der Waals surface area contributed by atoms with Crippen molar-refractivity contribution in [1.82, 2.24) is 0 Å². The molecule has 0 saturated heterocycles. The van der Waals surface area contributed by atoms with Gasteiger partial charge >= 0.3 is 5.97 Å². The molecule has 124 valence electrons. The number of methoxy groups -OCH3 is 1. The Bertz CT molecular complexity index is 928. The number of sulfone groups is 1. The lowest BCUT2D eigenvalue weighted by atomic mass is 10.0. The molecule has 0 aromatic heterocycles. The normalized spacial score (nSPS) is 15.8. The van der Waals surface area contributed by atoms with Gasteiger partial charge in [0, 0.05) is 10.6 Å². The van der Waals surface area contributed by atoms with Crippen molar-refractivity contribution in [2.45, 2.75) is 11.3 Å². The van der Waals surface area contributed by atoms with Crippen LogP contribution in [0.2, 0.25) is 5.02 Å². The van der Waals surface area contributed by atoms with Gasteiger partial charge in [-0.3, -0.25) is 0 Å². The highest BCUT2D eigenvalue weighted by Crippen LogP contribution is 2.31. The van der Waals surface area contributed by atoms with E-state index in [1.54, 1.807) is 36.4 Å². The van der Waals surface area contributed by atoms with E-state index >= 15 is 0 Å². The Balaban J connectivity index is 2.15. The number of esters is 1. The van der Waals surface area contributed by atoms with Gasteiger partial charge in [0.2, 0.25) is 0 Å². The highest BCUT2D eigenvalue weighted by molar-refractivity contribution is 7.91. The Kier molecular flexibility index (Phi) is 4.47. The molecule has 0 N–H and O–H groups in total. The summed E-state index contributed by atoms with van der Waals surface area (Å²) >= 11 is 5.90. The quantitative estimate of drug-likeness (QED) is 0.763. The second-order valence-corrected chi connectivity index (χ2v) is 8.00. The van der Waals surface area contributed by atoms with Crippen molar-refractivity contribution in [3.05, 3.63) is 58.6 Å². The van der Waals surface area contributed by atoms with E-state index in [-0.39, 0.29) is 17.1 Å². The van der Waals surface area contributed by atoms with Crippen molar-refractivity contribution >= 4 is 33.5 Å². The summed E-state index contributed by atoms with van der Waals surface area (Å²) in [6, 6.07) is 12.4. The Morgan fingerprint density at radius 1 is 1.08 bits per heavy atom. The van der Waals surface area contributed by atoms with Gasteiger partial charge in [-0.1, -0.05) is 29.8 Å². The molecule has 2 aromatic rings. The molecule has 4 nitrogen and oxygen atoms in total. The molecule has 0 unspecified atom stereocenters. The molecule has 6 heteroatoms. The van der Waals surface area contributed by atoms with Crippen molar-refractivity contribution in [3.8, 4) is 11.1 Å². The zero-order valence-corrected chi connectivity index (χ0v) is 14.5. The minimum absolute atomic E-state index is 0.110. The minimum Gasteiger partial charge on any atom is -0.466 e.